The average Bonchev–Trinajstić information content (AvgIpc) is 3.10. The average molecular weight is 444 g/mol. The zero-order valence-electron chi connectivity index (χ0n) is 15.2. The van der Waals surface area contributed by atoms with Crippen LogP contribution < -0.4 is 10.5 Å². The second kappa shape index (κ2) is 10.2. The molecular formula is C18H15F3N2O6S. The van der Waals surface area contributed by atoms with E-state index in [-0.39, 0.29) is 11.4 Å². The number of aliphatic carboxylic acids is 2. The molecule has 0 bridgehead atoms. The second-order valence-electron chi connectivity index (χ2n) is 5.47. The van der Waals surface area contributed by atoms with E-state index < -0.39 is 24.1 Å². The number of thiophene rings is 1. The van der Waals surface area contributed by atoms with Crippen molar-refractivity contribution < 1.29 is 42.5 Å². The number of carbonyl (C=O) groups is 3. The monoisotopic (exact) mass is 444 g/mol. The molecule has 1 heterocycles. The molecule has 1 aromatic carbocycles. The summed E-state index contributed by atoms with van der Waals surface area (Å²) in [6.45, 7) is 1.48. The summed E-state index contributed by atoms with van der Waals surface area (Å²) in [5.74, 6) is -4.02. The van der Waals surface area contributed by atoms with E-state index in [0.717, 1.165) is 11.3 Å². The molecule has 8 nitrogen and oxygen atoms in total. The molecule has 0 aliphatic heterocycles. The molecule has 0 radical (unpaired) electrons. The minimum atomic E-state index is -5.08. The zero-order valence-corrected chi connectivity index (χ0v) is 16.0. The molecule has 2 aromatic rings. The maximum absolute atomic E-state index is 12.1. The van der Waals surface area contributed by atoms with Crippen molar-refractivity contribution in [2.45, 2.75) is 13.1 Å². The van der Waals surface area contributed by atoms with Gasteiger partial charge in [-0.05, 0) is 49.4 Å². The highest BCUT2D eigenvalue weighted by Crippen LogP contribution is 2.22. The number of benzene rings is 1. The zero-order chi connectivity index (χ0) is 23.1. The number of carboxylic acids is 2. The summed E-state index contributed by atoms with van der Waals surface area (Å²) >= 11 is 1.15. The highest BCUT2D eigenvalue weighted by molar-refractivity contribution is 7.14. The Hall–Kier alpha value is -3.67. The number of hydrogen-bond acceptors (Lipinski definition) is 6. The lowest BCUT2D eigenvalue weighted by atomic mass is 10.2. The fraction of sp³-hybridized carbons (Fsp3) is 0.111. The molecule has 2 rings (SSSR count). The number of halogens is 3. The molecule has 0 saturated heterocycles. The molecule has 0 aliphatic carbocycles. The van der Waals surface area contributed by atoms with E-state index in [1.54, 1.807) is 36.4 Å². The summed E-state index contributed by atoms with van der Waals surface area (Å²) in [5, 5.41) is 23.3. The highest BCUT2D eigenvalue weighted by Gasteiger charge is 2.38. The molecule has 30 heavy (non-hydrogen) atoms. The van der Waals surface area contributed by atoms with Crippen LogP contribution in [0, 0.1) is 5.41 Å². The van der Waals surface area contributed by atoms with Crippen molar-refractivity contribution in [3.63, 3.8) is 0 Å². The molecule has 0 aliphatic rings. The number of esters is 1. The number of nitrogens with two attached hydrogens (primary N) is 1. The van der Waals surface area contributed by atoms with E-state index in [1.165, 1.54) is 13.0 Å². The molecule has 12 heteroatoms. The van der Waals surface area contributed by atoms with E-state index in [0.29, 0.717) is 21.1 Å². The summed E-state index contributed by atoms with van der Waals surface area (Å²) in [6.07, 6.45) is -3.59. The van der Waals surface area contributed by atoms with Gasteiger partial charge in [0.15, 0.2) is 0 Å². The molecule has 5 N–H and O–H groups in total. The van der Waals surface area contributed by atoms with Crippen LogP contribution in [0.4, 0.5) is 13.2 Å². The van der Waals surface area contributed by atoms with Gasteiger partial charge >= 0.3 is 24.1 Å². The van der Waals surface area contributed by atoms with Crippen molar-refractivity contribution >= 4 is 41.2 Å². The first-order valence-corrected chi connectivity index (χ1v) is 8.61. The van der Waals surface area contributed by atoms with E-state index in [1.807, 2.05) is 0 Å². The predicted molar refractivity (Wildman–Crippen MR) is 102 cm³/mol. The predicted octanol–water partition coefficient (Wildman–Crippen LogP) is 3.37. The van der Waals surface area contributed by atoms with Crippen molar-refractivity contribution in [3.8, 4) is 5.75 Å². The van der Waals surface area contributed by atoms with Crippen LogP contribution in [0.15, 0.2) is 42.0 Å². The Balaban J connectivity index is 0.000000553. The van der Waals surface area contributed by atoms with E-state index in [4.69, 9.17) is 30.9 Å². The first kappa shape index (κ1) is 24.4. The van der Waals surface area contributed by atoms with Crippen LogP contribution >= 0.6 is 11.3 Å². The van der Waals surface area contributed by atoms with Gasteiger partial charge in [-0.2, -0.15) is 13.2 Å². The Morgan fingerprint density at radius 3 is 2.07 bits per heavy atom. The van der Waals surface area contributed by atoms with Gasteiger partial charge in [0.2, 0.25) is 0 Å². The molecule has 0 atom stereocenters. The van der Waals surface area contributed by atoms with Crippen molar-refractivity contribution in [1.29, 1.82) is 5.41 Å². The number of ether oxygens (including phenoxy) is 1. The van der Waals surface area contributed by atoms with Crippen LogP contribution in [0.25, 0.3) is 6.08 Å². The lowest BCUT2D eigenvalue weighted by Gasteiger charge is -2.03. The topological polar surface area (TPSA) is 151 Å². The first-order valence-electron chi connectivity index (χ1n) is 7.79. The molecule has 0 spiro atoms. The lowest BCUT2D eigenvalue weighted by molar-refractivity contribution is -0.192. The van der Waals surface area contributed by atoms with Gasteiger partial charge in [0.25, 0.3) is 0 Å². The van der Waals surface area contributed by atoms with Crippen LogP contribution in [0.2, 0.25) is 0 Å². The molecule has 0 fully saturated rings. The fourth-order valence-electron chi connectivity index (χ4n) is 1.68. The largest absolute Gasteiger partial charge is 0.490 e. The number of hydrogen-bond donors (Lipinski definition) is 4. The Kier molecular flexibility index (Phi) is 8.29. The maximum Gasteiger partial charge on any atom is 0.490 e. The fourth-order valence-corrected chi connectivity index (χ4v) is 2.56. The summed E-state index contributed by atoms with van der Waals surface area (Å²) in [5.41, 5.74) is 6.08. The van der Waals surface area contributed by atoms with E-state index in [9.17, 15) is 22.8 Å². The minimum Gasteiger partial charge on any atom is -0.478 e. The standard InChI is InChI=1S/C16H14N2O4S.C2HF3O2/c1-9(15(19)20)8-12-6-7-13(23-12)16(21)22-11-4-2-10(3-5-11)14(17)18;3-2(4,5)1(6)7/h2-8H,1H3,(H3,17,18)(H,19,20);(H,6,7)/b9-8+;. The molecule has 160 valence electrons. The second-order valence-corrected chi connectivity index (χ2v) is 6.58. The maximum atomic E-state index is 12.1. The van der Waals surface area contributed by atoms with E-state index >= 15 is 0 Å². The van der Waals surface area contributed by atoms with Gasteiger partial charge < -0.3 is 20.7 Å². The van der Waals surface area contributed by atoms with Gasteiger partial charge in [0.1, 0.15) is 16.5 Å². The Bertz CT molecular complexity index is 981. The Morgan fingerprint density at radius 1 is 1.10 bits per heavy atom. The summed E-state index contributed by atoms with van der Waals surface area (Å²) in [4.78, 5) is 32.7. The summed E-state index contributed by atoms with van der Waals surface area (Å²) in [6, 6.07) is 9.52. The third-order valence-corrected chi connectivity index (χ3v) is 4.15. The number of rotatable bonds is 5. The molecule has 0 saturated carbocycles. The third-order valence-electron chi connectivity index (χ3n) is 3.14. The number of nitrogens with one attached hydrogen (secondary N) is 1. The number of amidine groups is 1. The number of carbonyl (C=O) groups excluding carboxylic acids is 1. The molecule has 0 unspecified atom stereocenters. The van der Waals surface area contributed by atoms with Crippen LogP contribution in [-0.4, -0.2) is 40.1 Å². The smallest absolute Gasteiger partial charge is 0.478 e. The quantitative estimate of drug-likeness (QED) is 0.181. The summed E-state index contributed by atoms with van der Waals surface area (Å²) < 4.78 is 37.0. The third kappa shape index (κ3) is 7.75. The van der Waals surface area contributed by atoms with Crippen molar-refractivity contribution in [3.05, 3.63) is 57.3 Å². The highest BCUT2D eigenvalue weighted by atomic mass is 32.1. The van der Waals surface area contributed by atoms with Gasteiger partial charge in [-0.15, -0.1) is 11.3 Å². The molecular weight excluding hydrogens is 429 g/mol. The normalized spacial score (nSPS) is 11.1. The van der Waals surface area contributed by atoms with Crippen LogP contribution in [0.5, 0.6) is 5.75 Å². The SMILES string of the molecule is C/C(=C\c1ccc(C(=O)Oc2ccc(C(=N)N)cc2)s1)C(=O)O.O=C(O)C(F)(F)F. The lowest BCUT2D eigenvalue weighted by Crippen LogP contribution is -2.21. The minimum absolute atomic E-state index is 0.0636. The van der Waals surface area contributed by atoms with Gasteiger partial charge in [-0.3, -0.25) is 5.41 Å². The molecule has 0 amide bonds. The van der Waals surface area contributed by atoms with Gasteiger partial charge in [0, 0.05) is 16.0 Å². The van der Waals surface area contributed by atoms with Gasteiger partial charge in [0.05, 0.1) is 0 Å². The van der Waals surface area contributed by atoms with Crippen molar-refractivity contribution in [1.82, 2.24) is 0 Å². The van der Waals surface area contributed by atoms with Crippen molar-refractivity contribution in [2.75, 3.05) is 0 Å². The molecule has 1 aromatic heterocycles. The summed E-state index contributed by atoms with van der Waals surface area (Å²) in [7, 11) is 0. The number of nitrogen functional groups attached to an aromatic ring is 1. The Labute approximate surface area is 171 Å². The van der Waals surface area contributed by atoms with Crippen LogP contribution in [0.3, 0.4) is 0 Å². The first-order chi connectivity index (χ1) is 13.8. The van der Waals surface area contributed by atoms with Gasteiger partial charge in [-0.1, -0.05) is 0 Å². The Morgan fingerprint density at radius 2 is 1.63 bits per heavy atom. The van der Waals surface area contributed by atoms with Crippen LogP contribution in [0.1, 0.15) is 27.0 Å². The number of carboxylic acid groups (broad SMARTS) is 2. The van der Waals surface area contributed by atoms with Crippen LogP contribution in [-0.2, 0) is 9.59 Å². The number of alkyl halides is 3. The van der Waals surface area contributed by atoms with Crippen molar-refractivity contribution in [2.24, 2.45) is 5.73 Å². The van der Waals surface area contributed by atoms with E-state index in [2.05, 4.69) is 0 Å². The van der Waals surface area contributed by atoms with Gasteiger partial charge in [-0.25, -0.2) is 14.4 Å².